The van der Waals surface area contributed by atoms with Gasteiger partial charge < -0.3 is 5.32 Å². The lowest BCUT2D eigenvalue weighted by atomic mass is 10.1. The highest BCUT2D eigenvalue weighted by molar-refractivity contribution is 9.09. The minimum absolute atomic E-state index is 0.0785. The summed E-state index contributed by atoms with van der Waals surface area (Å²) in [6.45, 7) is 0.717. The Labute approximate surface area is 113 Å². The highest BCUT2D eigenvalue weighted by Crippen LogP contribution is 2.46. The number of halogens is 1. The van der Waals surface area contributed by atoms with Gasteiger partial charge in [-0.05, 0) is 18.3 Å². The molecule has 0 radical (unpaired) electrons. The summed E-state index contributed by atoms with van der Waals surface area (Å²) in [6.07, 6.45) is 8.96. The zero-order valence-corrected chi connectivity index (χ0v) is 11.4. The molecule has 3 rings (SSSR count). The summed E-state index contributed by atoms with van der Waals surface area (Å²) in [5.41, 5.74) is 1.59. The molecule has 94 valence electrons. The summed E-state index contributed by atoms with van der Waals surface area (Å²) in [4.78, 5) is 16.1. The van der Waals surface area contributed by atoms with Gasteiger partial charge in [0, 0.05) is 24.3 Å². The Balaban J connectivity index is 1.76. The van der Waals surface area contributed by atoms with E-state index in [0.717, 1.165) is 10.8 Å². The number of rotatable bonds is 4. The lowest BCUT2D eigenvalue weighted by molar-refractivity contribution is 0.0948. The van der Waals surface area contributed by atoms with E-state index >= 15 is 0 Å². The fourth-order valence-corrected chi connectivity index (χ4v) is 2.67. The second-order valence-corrected chi connectivity index (χ2v) is 5.34. The van der Waals surface area contributed by atoms with Crippen LogP contribution in [-0.4, -0.2) is 32.4 Å². The Hall–Kier alpha value is -1.43. The average Bonchev–Trinajstić information content (AvgIpc) is 3.07. The lowest BCUT2D eigenvalue weighted by Gasteiger charge is -2.11. The smallest absolute Gasteiger partial charge is 0.255 e. The van der Waals surface area contributed by atoms with E-state index in [9.17, 15) is 4.79 Å². The number of nitrogens with one attached hydrogen (secondary N) is 1. The fraction of sp³-hybridized carbons (Fsp3) is 0.417. The second-order valence-electron chi connectivity index (χ2n) is 4.78. The average molecular weight is 309 g/mol. The predicted octanol–water partition coefficient (Wildman–Crippen LogP) is 1.63. The van der Waals surface area contributed by atoms with Crippen LogP contribution in [0.15, 0.2) is 24.8 Å². The van der Waals surface area contributed by atoms with Crippen molar-refractivity contribution in [3.05, 3.63) is 30.4 Å². The Kier molecular flexibility index (Phi) is 2.81. The molecule has 0 spiro atoms. The Bertz CT molecular complexity index is 591. The molecule has 2 aromatic rings. The normalized spacial score (nSPS) is 16.7. The van der Waals surface area contributed by atoms with Crippen LogP contribution in [-0.2, 0) is 0 Å². The summed E-state index contributed by atoms with van der Waals surface area (Å²) in [5, 5.41) is 8.05. The highest BCUT2D eigenvalue weighted by atomic mass is 79.9. The maximum absolute atomic E-state index is 12.1. The van der Waals surface area contributed by atoms with Crippen molar-refractivity contribution < 1.29 is 4.79 Å². The van der Waals surface area contributed by atoms with Crippen molar-refractivity contribution in [3.8, 4) is 0 Å². The summed E-state index contributed by atoms with van der Waals surface area (Å²) in [5.74, 6) is -0.0785. The topological polar surface area (TPSA) is 59.3 Å². The van der Waals surface area contributed by atoms with Crippen LogP contribution in [0.4, 0.5) is 0 Å². The van der Waals surface area contributed by atoms with E-state index in [1.807, 2.05) is 0 Å². The van der Waals surface area contributed by atoms with Gasteiger partial charge in [-0.25, -0.2) is 4.52 Å². The minimum Gasteiger partial charge on any atom is -0.351 e. The molecule has 1 N–H and O–H groups in total. The second kappa shape index (κ2) is 4.35. The molecular formula is C12H13BrN4O. The van der Waals surface area contributed by atoms with Crippen LogP contribution in [0.2, 0.25) is 0 Å². The molecule has 1 saturated carbocycles. The van der Waals surface area contributed by atoms with E-state index in [0.29, 0.717) is 12.1 Å². The van der Waals surface area contributed by atoms with Gasteiger partial charge in [0.2, 0.25) is 0 Å². The molecule has 0 aromatic carbocycles. The van der Waals surface area contributed by atoms with Crippen molar-refractivity contribution >= 4 is 27.4 Å². The maximum atomic E-state index is 12.1. The number of carbonyl (C=O) groups excluding carboxylic acids is 1. The number of fused-ring (bicyclic) bond motifs is 1. The molecule has 0 bridgehead atoms. The van der Waals surface area contributed by atoms with E-state index in [4.69, 9.17) is 0 Å². The quantitative estimate of drug-likeness (QED) is 0.873. The minimum atomic E-state index is -0.0785. The molecule has 1 amide bonds. The molecule has 0 unspecified atom stereocenters. The number of carbonyl (C=O) groups is 1. The monoisotopic (exact) mass is 308 g/mol. The molecule has 0 saturated heterocycles. The first kappa shape index (κ1) is 11.6. The van der Waals surface area contributed by atoms with E-state index in [1.165, 1.54) is 12.8 Å². The number of aromatic nitrogens is 3. The van der Waals surface area contributed by atoms with E-state index in [2.05, 4.69) is 31.3 Å². The van der Waals surface area contributed by atoms with Gasteiger partial charge in [-0.15, -0.1) is 0 Å². The van der Waals surface area contributed by atoms with Crippen LogP contribution in [0.3, 0.4) is 0 Å². The van der Waals surface area contributed by atoms with Gasteiger partial charge in [-0.1, -0.05) is 15.9 Å². The zero-order valence-electron chi connectivity index (χ0n) is 9.77. The Morgan fingerprint density at radius 3 is 3.06 bits per heavy atom. The summed E-state index contributed by atoms with van der Waals surface area (Å²) in [6, 6.07) is 0. The molecule has 18 heavy (non-hydrogen) atoms. The SMILES string of the molecule is O=C(NCC1(CBr)CC1)c1cnn2ccncc12. The molecule has 1 fully saturated rings. The third kappa shape index (κ3) is 2.01. The van der Waals surface area contributed by atoms with E-state index in [1.54, 1.807) is 29.3 Å². The number of hydrogen-bond donors (Lipinski definition) is 1. The van der Waals surface area contributed by atoms with Crippen molar-refractivity contribution in [2.45, 2.75) is 12.8 Å². The molecule has 2 heterocycles. The van der Waals surface area contributed by atoms with Crippen molar-refractivity contribution in [2.24, 2.45) is 5.41 Å². The molecule has 6 heteroatoms. The van der Waals surface area contributed by atoms with E-state index in [-0.39, 0.29) is 11.3 Å². The molecule has 0 aliphatic heterocycles. The van der Waals surface area contributed by atoms with Gasteiger partial charge >= 0.3 is 0 Å². The number of nitrogens with zero attached hydrogens (tertiary/aromatic N) is 3. The maximum Gasteiger partial charge on any atom is 0.255 e. The third-order valence-electron chi connectivity index (χ3n) is 3.43. The molecule has 1 aliphatic rings. The van der Waals surface area contributed by atoms with Gasteiger partial charge in [0.05, 0.1) is 23.5 Å². The lowest BCUT2D eigenvalue weighted by Crippen LogP contribution is -2.30. The number of alkyl halides is 1. The van der Waals surface area contributed by atoms with Gasteiger partial charge in [0.25, 0.3) is 5.91 Å². The van der Waals surface area contributed by atoms with Crippen molar-refractivity contribution in [1.82, 2.24) is 19.9 Å². The first-order chi connectivity index (χ1) is 8.74. The summed E-state index contributed by atoms with van der Waals surface area (Å²) >= 11 is 3.49. The van der Waals surface area contributed by atoms with Gasteiger partial charge in [-0.3, -0.25) is 9.78 Å². The van der Waals surface area contributed by atoms with Crippen molar-refractivity contribution in [3.63, 3.8) is 0 Å². The first-order valence-corrected chi connectivity index (χ1v) is 6.98. The molecular weight excluding hydrogens is 296 g/mol. The number of hydrogen-bond acceptors (Lipinski definition) is 3. The molecule has 0 atom stereocenters. The third-order valence-corrected chi connectivity index (χ3v) is 4.62. The molecule has 1 aliphatic carbocycles. The van der Waals surface area contributed by atoms with Gasteiger partial charge in [0.1, 0.15) is 0 Å². The van der Waals surface area contributed by atoms with E-state index < -0.39 is 0 Å². The van der Waals surface area contributed by atoms with Crippen LogP contribution < -0.4 is 5.32 Å². The van der Waals surface area contributed by atoms with Crippen LogP contribution in [0.5, 0.6) is 0 Å². The van der Waals surface area contributed by atoms with Crippen molar-refractivity contribution in [2.75, 3.05) is 11.9 Å². The summed E-state index contributed by atoms with van der Waals surface area (Å²) < 4.78 is 1.65. The predicted molar refractivity (Wildman–Crippen MR) is 70.8 cm³/mol. The molecule has 5 nitrogen and oxygen atoms in total. The summed E-state index contributed by atoms with van der Waals surface area (Å²) in [7, 11) is 0. The highest BCUT2D eigenvalue weighted by Gasteiger charge is 2.41. The first-order valence-electron chi connectivity index (χ1n) is 5.86. The van der Waals surface area contributed by atoms with Crippen LogP contribution >= 0.6 is 15.9 Å². The van der Waals surface area contributed by atoms with Crippen molar-refractivity contribution in [1.29, 1.82) is 0 Å². The van der Waals surface area contributed by atoms with Gasteiger partial charge in [-0.2, -0.15) is 5.10 Å². The Morgan fingerprint density at radius 2 is 2.33 bits per heavy atom. The molecule has 2 aromatic heterocycles. The van der Waals surface area contributed by atoms with Crippen LogP contribution in [0.1, 0.15) is 23.2 Å². The zero-order chi connectivity index (χ0) is 12.6. The van der Waals surface area contributed by atoms with Crippen LogP contribution in [0, 0.1) is 5.41 Å². The largest absolute Gasteiger partial charge is 0.351 e. The van der Waals surface area contributed by atoms with Gasteiger partial charge in [0.15, 0.2) is 0 Å². The van der Waals surface area contributed by atoms with Crippen LogP contribution in [0.25, 0.3) is 5.52 Å². The Morgan fingerprint density at radius 1 is 1.50 bits per heavy atom. The standard InChI is InChI=1S/C12H13BrN4O/c13-7-12(1-2-12)8-15-11(18)9-5-16-17-4-3-14-6-10(9)17/h3-6H,1-2,7-8H2,(H,15,18). The number of amides is 1. The fourth-order valence-electron chi connectivity index (χ4n) is 1.91.